The zero-order valence-electron chi connectivity index (χ0n) is 14.3. The Morgan fingerprint density at radius 3 is 2.00 bits per heavy atom. The number of esters is 2. The summed E-state index contributed by atoms with van der Waals surface area (Å²) in [5, 5.41) is 0. The van der Waals surface area contributed by atoms with Crippen LogP contribution in [0.4, 0.5) is 5.69 Å². The Morgan fingerprint density at radius 2 is 1.46 bits per heavy atom. The number of allylic oxidation sites excluding steroid dienone is 2. The zero-order valence-corrected chi connectivity index (χ0v) is 14.3. The number of nitrogens with zero attached hydrogens (tertiary/aromatic N) is 1. The van der Waals surface area contributed by atoms with E-state index in [1.807, 2.05) is 0 Å². The molecule has 0 spiro atoms. The molecule has 1 aliphatic rings. The zero-order chi connectivity index (χ0) is 18.0. The largest absolute Gasteiger partial charge is 0.465 e. The van der Waals surface area contributed by atoms with E-state index in [9.17, 15) is 14.4 Å². The second-order valence-corrected chi connectivity index (χ2v) is 5.32. The number of amides is 1. The molecular weight excluding hydrogens is 310 g/mol. The van der Waals surface area contributed by atoms with Crippen LogP contribution in [0.25, 0.3) is 5.57 Å². The summed E-state index contributed by atoms with van der Waals surface area (Å²) in [5.41, 5.74) is 2.25. The molecule has 6 nitrogen and oxygen atoms in total. The van der Waals surface area contributed by atoms with E-state index in [1.54, 1.807) is 38.1 Å². The Balaban J connectivity index is 2.96. The molecule has 0 atom stereocenters. The number of benzene rings is 1. The van der Waals surface area contributed by atoms with E-state index < -0.39 is 11.9 Å². The van der Waals surface area contributed by atoms with Crippen LogP contribution in [-0.4, -0.2) is 32.1 Å². The van der Waals surface area contributed by atoms with Crippen molar-refractivity contribution in [3.05, 3.63) is 46.7 Å². The maximum Gasteiger partial charge on any atom is 0.340 e. The second-order valence-electron chi connectivity index (χ2n) is 5.32. The first-order valence-electron chi connectivity index (χ1n) is 7.34. The Kier molecular flexibility index (Phi) is 4.87. The average molecular weight is 329 g/mol. The smallest absolute Gasteiger partial charge is 0.340 e. The van der Waals surface area contributed by atoms with Gasteiger partial charge >= 0.3 is 11.9 Å². The summed E-state index contributed by atoms with van der Waals surface area (Å²) in [5.74, 6) is -1.64. The van der Waals surface area contributed by atoms with Crippen LogP contribution in [-0.2, 0) is 23.9 Å². The van der Waals surface area contributed by atoms with E-state index in [1.165, 1.54) is 26.0 Å². The Morgan fingerprint density at radius 1 is 0.917 bits per heavy atom. The molecule has 0 N–H and O–H groups in total. The fraction of sp³-hybridized carbons (Fsp3) is 0.278. The fourth-order valence-corrected chi connectivity index (χ4v) is 2.90. The van der Waals surface area contributed by atoms with Crippen molar-refractivity contribution < 1.29 is 23.9 Å². The van der Waals surface area contributed by atoms with Gasteiger partial charge in [0.15, 0.2) is 0 Å². The van der Waals surface area contributed by atoms with Crippen LogP contribution in [0.3, 0.4) is 0 Å². The van der Waals surface area contributed by atoms with Crippen LogP contribution in [0.15, 0.2) is 41.1 Å². The molecule has 0 bridgehead atoms. The van der Waals surface area contributed by atoms with Crippen LogP contribution in [0.5, 0.6) is 0 Å². The Bertz CT molecular complexity index is 788. The molecular formula is C18H19NO5. The molecule has 6 heteroatoms. The van der Waals surface area contributed by atoms with Crippen molar-refractivity contribution in [3.8, 4) is 0 Å². The molecule has 0 radical (unpaired) electrons. The molecule has 0 saturated heterocycles. The third-order valence-corrected chi connectivity index (χ3v) is 3.97. The summed E-state index contributed by atoms with van der Waals surface area (Å²) < 4.78 is 9.70. The van der Waals surface area contributed by atoms with E-state index in [0.29, 0.717) is 22.5 Å². The number of fused-ring (bicyclic) bond motifs is 1. The van der Waals surface area contributed by atoms with E-state index in [4.69, 9.17) is 9.47 Å². The summed E-state index contributed by atoms with van der Waals surface area (Å²) in [6.45, 7) is 4.71. The van der Waals surface area contributed by atoms with Crippen LogP contribution >= 0.6 is 0 Å². The molecule has 1 amide bonds. The molecule has 0 saturated carbocycles. The lowest BCUT2D eigenvalue weighted by molar-refractivity contribution is -0.139. The maximum atomic E-state index is 12.4. The minimum Gasteiger partial charge on any atom is -0.465 e. The molecule has 1 aromatic rings. The van der Waals surface area contributed by atoms with Crippen molar-refractivity contribution >= 4 is 29.1 Å². The van der Waals surface area contributed by atoms with Crippen molar-refractivity contribution in [2.75, 3.05) is 19.1 Å². The van der Waals surface area contributed by atoms with Gasteiger partial charge < -0.3 is 9.47 Å². The topological polar surface area (TPSA) is 72.9 Å². The molecule has 0 aromatic heterocycles. The van der Waals surface area contributed by atoms with Crippen molar-refractivity contribution in [2.45, 2.75) is 20.8 Å². The van der Waals surface area contributed by atoms with Gasteiger partial charge in [0.1, 0.15) is 0 Å². The number of hydrogen-bond acceptors (Lipinski definition) is 5. The van der Waals surface area contributed by atoms with E-state index in [0.717, 1.165) is 0 Å². The van der Waals surface area contributed by atoms with Gasteiger partial charge in [0.05, 0.1) is 31.1 Å². The third-order valence-electron chi connectivity index (χ3n) is 3.97. The average Bonchev–Trinajstić information content (AvgIpc) is 2.66. The highest BCUT2D eigenvalue weighted by molar-refractivity contribution is 6.16. The van der Waals surface area contributed by atoms with Gasteiger partial charge in [-0.1, -0.05) is 18.2 Å². The van der Waals surface area contributed by atoms with Gasteiger partial charge in [-0.05, 0) is 25.5 Å². The summed E-state index contributed by atoms with van der Waals surface area (Å²) in [6, 6.07) is 7.14. The first-order chi connectivity index (χ1) is 11.3. The number of hydrogen-bond donors (Lipinski definition) is 0. The Hall–Kier alpha value is -2.89. The van der Waals surface area contributed by atoms with E-state index >= 15 is 0 Å². The predicted molar refractivity (Wildman–Crippen MR) is 88.9 cm³/mol. The second kappa shape index (κ2) is 6.70. The number of carbonyl (C=O) groups excluding carboxylic acids is 3. The predicted octanol–water partition coefficient (Wildman–Crippen LogP) is 2.45. The number of ether oxygens (including phenoxy) is 2. The molecule has 0 fully saturated rings. The van der Waals surface area contributed by atoms with Gasteiger partial charge in [0.2, 0.25) is 5.91 Å². The SMILES string of the molecule is COC(=O)C1=C(C)c2ccccc2N(C(C)=O)C(C)=C1C(=O)OC. The molecule has 1 aliphatic heterocycles. The first kappa shape index (κ1) is 17.5. The van der Waals surface area contributed by atoms with Gasteiger partial charge in [-0.3, -0.25) is 9.69 Å². The molecule has 0 aliphatic carbocycles. The molecule has 126 valence electrons. The number of carbonyl (C=O) groups is 3. The maximum absolute atomic E-state index is 12.4. The summed E-state index contributed by atoms with van der Waals surface area (Å²) in [7, 11) is 2.47. The Labute approximate surface area is 140 Å². The first-order valence-corrected chi connectivity index (χ1v) is 7.34. The normalized spacial score (nSPS) is 14.1. The summed E-state index contributed by atoms with van der Waals surface area (Å²) in [6.07, 6.45) is 0. The van der Waals surface area contributed by atoms with Crippen LogP contribution in [0.2, 0.25) is 0 Å². The lowest BCUT2D eigenvalue weighted by atomic mass is 9.95. The summed E-state index contributed by atoms with van der Waals surface area (Å²) >= 11 is 0. The van der Waals surface area contributed by atoms with Gasteiger partial charge in [-0.15, -0.1) is 0 Å². The number of anilines is 1. The van der Waals surface area contributed by atoms with Crippen LogP contribution < -0.4 is 4.90 Å². The van der Waals surface area contributed by atoms with Gasteiger partial charge in [0.25, 0.3) is 0 Å². The lowest BCUT2D eigenvalue weighted by Gasteiger charge is -2.24. The van der Waals surface area contributed by atoms with E-state index in [2.05, 4.69) is 0 Å². The van der Waals surface area contributed by atoms with Gasteiger partial charge in [-0.25, -0.2) is 9.59 Å². The summed E-state index contributed by atoms with van der Waals surface area (Å²) in [4.78, 5) is 38.4. The van der Waals surface area contributed by atoms with Gasteiger partial charge in [0, 0.05) is 18.2 Å². The molecule has 24 heavy (non-hydrogen) atoms. The molecule has 2 rings (SSSR count). The van der Waals surface area contributed by atoms with Crippen molar-refractivity contribution in [2.24, 2.45) is 0 Å². The van der Waals surface area contributed by atoms with Gasteiger partial charge in [-0.2, -0.15) is 0 Å². The fourth-order valence-electron chi connectivity index (χ4n) is 2.90. The monoisotopic (exact) mass is 329 g/mol. The number of methoxy groups -OCH3 is 2. The number of para-hydroxylation sites is 1. The molecule has 1 aromatic carbocycles. The highest BCUT2D eigenvalue weighted by atomic mass is 16.5. The van der Waals surface area contributed by atoms with Crippen molar-refractivity contribution in [1.29, 1.82) is 0 Å². The minimum absolute atomic E-state index is 0.0215. The standard InChI is InChI=1S/C18H19NO5/c1-10-13-8-6-7-9-14(13)19(12(3)20)11(2)16(18(22)24-5)15(10)17(21)23-4/h6-9H,1-5H3. The molecule has 1 heterocycles. The van der Waals surface area contributed by atoms with E-state index in [-0.39, 0.29) is 17.1 Å². The molecule has 0 unspecified atom stereocenters. The minimum atomic E-state index is -0.702. The number of rotatable bonds is 2. The highest BCUT2D eigenvalue weighted by Crippen LogP contribution is 2.39. The van der Waals surface area contributed by atoms with Crippen LogP contribution in [0.1, 0.15) is 26.3 Å². The lowest BCUT2D eigenvalue weighted by Crippen LogP contribution is -2.29. The van der Waals surface area contributed by atoms with Crippen molar-refractivity contribution in [3.63, 3.8) is 0 Å². The van der Waals surface area contributed by atoms with Crippen LogP contribution in [0, 0.1) is 0 Å². The third kappa shape index (κ3) is 2.71. The highest BCUT2D eigenvalue weighted by Gasteiger charge is 2.34. The van der Waals surface area contributed by atoms with Crippen molar-refractivity contribution in [1.82, 2.24) is 0 Å². The quantitative estimate of drug-likeness (QED) is 0.779.